The van der Waals surface area contributed by atoms with Gasteiger partial charge in [-0.1, -0.05) is 18.9 Å². The standard InChI is InChI=1S/C15H21FN2/c16-13-4-3-12-5-8-18(14(12)9-13)11-15(10-17)6-1-2-7-15/h3-4,9H,1-2,5-8,10-11,17H2. The molecule has 1 fully saturated rings. The van der Waals surface area contributed by atoms with Gasteiger partial charge in [0.15, 0.2) is 0 Å². The topological polar surface area (TPSA) is 29.3 Å². The zero-order chi connectivity index (χ0) is 12.6. The number of fused-ring (bicyclic) bond motifs is 1. The van der Waals surface area contributed by atoms with Crippen LogP contribution in [0.5, 0.6) is 0 Å². The first-order valence-electron chi connectivity index (χ1n) is 6.96. The highest BCUT2D eigenvalue weighted by molar-refractivity contribution is 5.58. The zero-order valence-corrected chi connectivity index (χ0v) is 10.8. The van der Waals surface area contributed by atoms with Crippen molar-refractivity contribution < 1.29 is 4.39 Å². The third-order valence-electron chi connectivity index (χ3n) is 4.66. The van der Waals surface area contributed by atoms with E-state index in [0.717, 1.165) is 31.7 Å². The maximum Gasteiger partial charge on any atom is 0.125 e. The second kappa shape index (κ2) is 4.54. The summed E-state index contributed by atoms with van der Waals surface area (Å²) >= 11 is 0. The molecule has 1 aliphatic heterocycles. The van der Waals surface area contributed by atoms with Crippen LogP contribution in [0.2, 0.25) is 0 Å². The normalized spacial score (nSPS) is 21.3. The maximum atomic E-state index is 13.4. The van der Waals surface area contributed by atoms with Gasteiger partial charge >= 0.3 is 0 Å². The number of halogens is 1. The molecule has 2 N–H and O–H groups in total. The molecule has 1 aromatic carbocycles. The number of nitrogens with zero attached hydrogens (tertiary/aromatic N) is 1. The second-order valence-corrected chi connectivity index (χ2v) is 5.86. The van der Waals surface area contributed by atoms with Crippen molar-refractivity contribution >= 4 is 5.69 Å². The molecule has 1 aliphatic carbocycles. The first kappa shape index (κ1) is 12.0. The van der Waals surface area contributed by atoms with E-state index in [4.69, 9.17) is 5.73 Å². The van der Waals surface area contributed by atoms with Crippen LogP contribution >= 0.6 is 0 Å². The molecular formula is C15H21FN2. The number of hydrogen-bond acceptors (Lipinski definition) is 2. The van der Waals surface area contributed by atoms with Gasteiger partial charge in [0.25, 0.3) is 0 Å². The van der Waals surface area contributed by atoms with Crippen molar-refractivity contribution in [2.75, 3.05) is 24.5 Å². The summed E-state index contributed by atoms with van der Waals surface area (Å²) in [4.78, 5) is 2.34. The molecule has 0 unspecified atom stereocenters. The number of benzene rings is 1. The molecule has 0 radical (unpaired) electrons. The quantitative estimate of drug-likeness (QED) is 0.891. The molecule has 0 spiro atoms. The molecule has 1 heterocycles. The predicted octanol–water partition coefficient (Wildman–Crippen LogP) is 2.71. The minimum absolute atomic E-state index is 0.131. The van der Waals surface area contributed by atoms with Gasteiger partial charge in [-0.3, -0.25) is 0 Å². The van der Waals surface area contributed by atoms with Crippen LogP contribution in [0.1, 0.15) is 31.2 Å². The molecule has 3 rings (SSSR count). The molecule has 1 saturated carbocycles. The Hall–Kier alpha value is -1.09. The van der Waals surface area contributed by atoms with Gasteiger partial charge in [0.05, 0.1) is 0 Å². The number of nitrogens with two attached hydrogens (primary N) is 1. The Morgan fingerprint density at radius 1 is 1.28 bits per heavy atom. The van der Waals surface area contributed by atoms with Crippen LogP contribution < -0.4 is 10.6 Å². The Morgan fingerprint density at radius 2 is 2.06 bits per heavy atom. The Kier molecular flexibility index (Phi) is 3.02. The van der Waals surface area contributed by atoms with Gasteiger partial charge in [0.2, 0.25) is 0 Å². The lowest BCUT2D eigenvalue weighted by Gasteiger charge is -2.33. The number of hydrogen-bond donors (Lipinski definition) is 1. The lowest BCUT2D eigenvalue weighted by atomic mass is 9.85. The van der Waals surface area contributed by atoms with E-state index in [1.165, 1.54) is 31.2 Å². The number of rotatable bonds is 3. The van der Waals surface area contributed by atoms with Crippen molar-refractivity contribution in [1.82, 2.24) is 0 Å². The largest absolute Gasteiger partial charge is 0.370 e. The summed E-state index contributed by atoms with van der Waals surface area (Å²) < 4.78 is 13.4. The van der Waals surface area contributed by atoms with E-state index >= 15 is 0 Å². The molecule has 0 saturated heterocycles. The summed E-state index contributed by atoms with van der Waals surface area (Å²) in [7, 11) is 0. The van der Waals surface area contributed by atoms with E-state index in [-0.39, 0.29) is 11.2 Å². The molecule has 1 aromatic rings. The van der Waals surface area contributed by atoms with Crippen LogP contribution in [-0.4, -0.2) is 19.6 Å². The van der Waals surface area contributed by atoms with Gasteiger partial charge < -0.3 is 10.6 Å². The van der Waals surface area contributed by atoms with E-state index in [9.17, 15) is 4.39 Å². The molecule has 0 amide bonds. The van der Waals surface area contributed by atoms with E-state index in [2.05, 4.69) is 4.90 Å². The summed E-state index contributed by atoms with van der Waals surface area (Å²) in [5, 5.41) is 0. The highest BCUT2D eigenvalue weighted by Crippen LogP contribution is 2.40. The van der Waals surface area contributed by atoms with Crippen LogP contribution in [0.3, 0.4) is 0 Å². The molecule has 3 heteroatoms. The van der Waals surface area contributed by atoms with Gasteiger partial charge in [-0.15, -0.1) is 0 Å². The Bertz CT molecular complexity index is 438. The summed E-state index contributed by atoms with van der Waals surface area (Å²) in [6.45, 7) is 2.77. The van der Waals surface area contributed by atoms with Gasteiger partial charge in [0.1, 0.15) is 5.82 Å². The Morgan fingerprint density at radius 3 is 2.78 bits per heavy atom. The summed E-state index contributed by atoms with van der Waals surface area (Å²) in [6, 6.07) is 5.17. The van der Waals surface area contributed by atoms with Crippen molar-refractivity contribution in [3.8, 4) is 0 Å². The van der Waals surface area contributed by atoms with Gasteiger partial charge in [0, 0.05) is 24.2 Å². The minimum atomic E-state index is -0.131. The van der Waals surface area contributed by atoms with Crippen LogP contribution in [0.25, 0.3) is 0 Å². The third-order valence-corrected chi connectivity index (χ3v) is 4.66. The van der Waals surface area contributed by atoms with E-state index in [1.54, 1.807) is 12.1 Å². The summed E-state index contributed by atoms with van der Waals surface area (Å²) in [6.07, 6.45) is 6.08. The average molecular weight is 248 g/mol. The van der Waals surface area contributed by atoms with Gasteiger partial charge in [-0.05, 0) is 43.5 Å². The van der Waals surface area contributed by atoms with Crippen molar-refractivity contribution in [1.29, 1.82) is 0 Å². The molecular weight excluding hydrogens is 227 g/mol. The van der Waals surface area contributed by atoms with Crippen LogP contribution in [0.4, 0.5) is 10.1 Å². The smallest absolute Gasteiger partial charge is 0.125 e. The maximum absolute atomic E-state index is 13.4. The molecule has 98 valence electrons. The first-order valence-corrected chi connectivity index (χ1v) is 6.96. The fraction of sp³-hybridized carbons (Fsp3) is 0.600. The summed E-state index contributed by atoms with van der Waals surface area (Å²) in [5.41, 5.74) is 8.64. The van der Waals surface area contributed by atoms with Crippen LogP contribution in [-0.2, 0) is 6.42 Å². The Balaban J connectivity index is 1.81. The molecule has 18 heavy (non-hydrogen) atoms. The van der Waals surface area contributed by atoms with Gasteiger partial charge in [-0.25, -0.2) is 4.39 Å². The van der Waals surface area contributed by atoms with E-state index in [1.807, 2.05) is 6.07 Å². The van der Waals surface area contributed by atoms with Crippen molar-refractivity contribution in [3.63, 3.8) is 0 Å². The van der Waals surface area contributed by atoms with Crippen molar-refractivity contribution in [3.05, 3.63) is 29.6 Å². The van der Waals surface area contributed by atoms with Crippen LogP contribution in [0.15, 0.2) is 18.2 Å². The number of anilines is 1. The molecule has 0 aromatic heterocycles. The lowest BCUT2D eigenvalue weighted by molar-refractivity contribution is 0.313. The monoisotopic (exact) mass is 248 g/mol. The SMILES string of the molecule is NCC1(CN2CCc3ccc(F)cc32)CCCC1. The van der Waals surface area contributed by atoms with E-state index < -0.39 is 0 Å². The molecule has 2 aliphatic rings. The van der Waals surface area contributed by atoms with E-state index in [0.29, 0.717) is 0 Å². The van der Waals surface area contributed by atoms with Crippen LogP contribution in [0, 0.1) is 11.2 Å². The first-order chi connectivity index (χ1) is 8.72. The fourth-order valence-corrected chi connectivity index (χ4v) is 3.54. The second-order valence-electron chi connectivity index (χ2n) is 5.86. The Labute approximate surface area is 108 Å². The molecule has 0 atom stereocenters. The fourth-order valence-electron chi connectivity index (χ4n) is 3.54. The lowest BCUT2D eigenvalue weighted by Crippen LogP contribution is -2.40. The summed E-state index contributed by atoms with van der Waals surface area (Å²) in [5.74, 6) is -0.131. The van der Waals surface area contributed by atoms with Crippen molar-refractivity contribution in [2.45, 2.75) is 32.1 Å². The van der Waals surface area contributed by atoms with Gasteiger partial charge in [-0.2, -0.15) is 0 Å². The highest BCUT2D eigenvalue weighted by atomic mass is 19.1. The molecule has 2 nitrogen and oxygen atoms in total. The third kappa shape index (κ3) is 2.01. The molecule has 0 bridgehead atoms. The van der Waals surface area contributed by atoms with Crippen molar-refractivity contribution in [2.24, 2.45) is 11.1 Å². The highest BCUT2D eigenvalue weighted by Gasteiger charge is 2.35. The minimum Gasteiger partial charge on any atom is -0.370 e. The predicted molar refractivity (Wildman–Crippen MR) is 72.3 cm³/mol. The average Bonchev–Trinajstić information content (AvgIpc) is 2.98. The zero-order valence-electron chi connectivity index (χ0n) is 10.8.